The minimum absolute atomic E-state index is 0.147. The lowest BCUT2D eigenvalue weighted by Crippen LogP contribution is -2.11. The van der Waals surface area contributed by atoms with Gasteiger partial charge in [0.05, 0.1) is 6.61 Å². The molecule has 6 heteroatoms. The summed E-state index contributed by atoms with van der Waals surface area (Å²) in [4.78, 5) is 15.9. The van der Waals surface area contributed by atoms with Crippen molar-refractivity contribution in [1.29, 1.82) is 0 Å². The Morgan fingerprint density at radius 3 is 2.67 bits per heavy atom. The monoisotopic (exact) mass is 291 g/mol. The van der Waals surface area contributed by atoms with Crippen molar-refractivity contribution >= 4 is 11.8 Å². The van der Waals surface area contributed by atoms with Crippen molar-refractivity contribution < 1.29 is 13.9 Å². The Labute approximate surface area is 122 Å². The third-order valence-corrected chi connectivity index (χ3v) is 3.20. The first-order chi connectivity index (χ1) is 10.0. The van der Waals surface area contributed by atoms with Crippen LogP contribution < -0.4 is 5.73 Å². The minimum atomic E-state index is -0.515. The van der Waals surface area contributed by atoms with E-state index in [9.17, 15) is 9.18 Å². The van der Waals surface area contributed by atoms with Gasteiger partial charge in [-0.3, -0.25) is 0 Å². The van der Waals surface area contributed by atoms with Gasteiger partial charge in [0.1, 0.15) is 17.5 Å². The van der Waals surface area contributed by atoms with E-state index in [4.69, 9.17) is 10.5 Å². The van der Waals surface area contributed by atoms with E-state index >= 15 is 0 Å². The number of carbonyl (C=O) groups is 1. The summed E-state index contributed by atoms with van der Waals surface area (Å²) in [5, 5.41) is 0. The van der Waals surface area contributed by atoms with E-state index in [0.29, 0.717) is 24.6 Å². The molecule has 0 amide bonds. The molecular formula is C15H18FN3O2. The first-order valence-corrected chi connectivity index (χ1v) is 6.77. The average Bonchev–Trinajstić information content (AvgIpc) is 2.74. The predicted molar refractivity (Wildman–Crippen MR) is 77.4 cm³/mol. The van der Waals surface area contributed by atoms with Crippen molar-refractivity contribution in [2.75, 3.05) is 12.3 Å². The number of aryl methyl sites for hydroxylation is 2. The minimum Gasteiger partial charge on any atom is -0.461 e. The summed E-state index contributed by atoms with van der Waals surface area (Å²) in [7, 11) is 0. The lowest BCUT2D eigenvalue weighted by atomic mass is 10.1. The number of hydrogen-bond donors (Lipinski definition) is 1. The van der Waals surface area contributed by atoms with E-state index in [2.05, 4.69) is 4.98 Å². The molecule has 0 saturated heterocycles. The summed E-state index contributed by atoms with van der Waals surface area (Å²) in [6.07, 6.45) is 0.671. The van der Waals surface area contributed by atoms with Crippen LogP contribution in [0.2, 0.25) is 0 Å². The molecule has 5 nitrogen and oxygen atoms in total. The molecule has 0 aliphatic carbocycles. The highest BCUT2D eigenvalue weighted by molar-refractivity contribution is 5.92. The zero-order valence-electron chi connectivity index (χ0n) is 12.1. The second kappa shape index (κ2) is 6.39. The lowest BCUT2D eigenvalue weighted by Gasteiger charge is -2.08. The molecule has 0 aliphatic rings. The summed E-state index contributed by atoms with van der Waals surface area (Å²) in [6, 6.07) is 6.29. The zero-order valence-corrected chi connectivity index (χ0v) is 12.1. The molecule has 2 rings (SSSR count). The number of anilines is 1. The van der Waals surface area contributed by atoms with Crippen molar-refractivity contribution in [3.05, 3.63) is 47.2 Å². The molecule has 0 spiro atoms. The number of nitrogen functional groups attached to an aromatic ring is 1. The highest BCUT2D eigenvalue weighted by atomic mass is 19.1. The van der Waals surface area contributed by atoms with E-state index in [1.165, 1.54) is 12.1 Å². The number of esters is 1. The molecule has 1 aromatic carbocycles. The van der Waals surface area contributed by atoms with Gasteiger partial charge < -0.3 is 15.0 Å². The summed E-state index contributed by atoms with van der Waals surface area (Å²) in [5.74, 6) is 0.172. The van der Waals surface area contributed by atoms with E-state index < -0.39 is 5.97 Å². The number of halogens is 1. The Morgan fingerprint density at radius 2 is 2.05 bits per heavy atom. The van der Waals surface area contributed by atoms with Gasteiger partial charge in [0.2, 0.25) is 0 Å². The van der Waals surface area contributed by atoms with Crippen molar-refractivity contribution in [3.63, 3.8) is 0 Å². The fourth-order valence-corrected chi connectivity index (χ4v) is 2.11. The molecule has 0 atom stereocenters. The molecule has 21 heavy (non-hydrogen) atoms. The summed E-state index contributed by atoms with van der Waals surface area (Å²) in [5.41, 5.74) is 7.10. The molecule has 0 aliphatic heterocycles. The van der Waals surface area contributed by atoms with Crippen LogP contribution in [0, 0.1) is 12.7 Å². The van der Waals surface area contributed by atoms with Gasteiger partial charge in [0, 0.05) is 6.54 Å². The van der Waals surface area contributed by atoms with E-state index in [1.54, 1.807) is 30.5 Å². The predicted octanol–water partition coefficient (Wildman–Crippen LogP) is 2.33. The fraction of sp³-hybridized carbons (Fsp3) is 0.333. The first kappa shape index (κ1) is 15.0. The number of nitrogens with two attached hydrogens (primary N) is 1. The van der Waals surface area contributed by atoms with Gasteiger partial charge in [-0.05, 0) is 38.0 Å². The topological polar surface area (TPSA) is 70.1 Å². The van der Waals surface area contributed by atoms with Gasteiger partial charge in [-0.2, -0.15) is 0 Å². The van der Waals surface area contributed by atoms with Crippen LogP contribution in [0.5, 0.6) is 0 Å². The molecule has 112 valence electrons. The number of benzene rings is 1. The van der Waals surface area contributed by atoms with Crippen LogP contribution in [0.25, 0.3) is 0 Å². The number of aromatic nitrogens is 2. The highest BCUT2D eigenvalue weighted by Gasteiger charge is 2.19. The van der Waals surface area contributed by atoms with E-state index in [-0.39, 0.29) is 18.1 Å². The Hall–Kier alpha value is -2.37. The van der Waals surface area contributed by atoms with Gasteiger partial charge in [0.15, 0.2) is 5.69 Å². The van der Waals surface area contributed by atoms with Crippen LogP contribution in [0.1, 0.15) is 28.8 Å². The summed E-state index contributed by atoms with van der Waals surface area (Å²) >= 11 is 0. The molecule has 0 saturated carbocycles. The van der Waals surface area contributed by atoms with Crippen molar-refractivity contribution in [1.82, 2.24) is 9.55 Å². The van der Waals surface area contributed by atoms with Gasteiger partial charge in [-0.1, -0.05) is 12.1 Å². The largest absolute Gasteiger partial charge is 0.461 e. The third-order valence-electron chi connectivity index (χ3n) is 3.20. The third kappa shape index (κ3) is 3.39. The molecule has 0 bridgehead atoms. The van der Waals surface area contributed by atoms with Crippen LogP contribution >= 0.6 is 0 Å². The molecule has 1 heterocycles. The van der Waals surface area contributed by atoms with Crippen LogP contribution in [0.4, 0.5) is 10.2 Å². The molecule has 0 unspecified atom stereocenters. The van der Waals surface area contributed by atoms with Crippen molar-refractivity contribution in [2.24, 2.45) is 0 Å². The normalized spacial score (nSPS) is 10.6. The molecule has 1 aromatic heterocycles. The molecular weight excluding hydrogens is 273 g/mol. The standard InChI is InChI=1S/C15H18FN3O2/c1-3-21-15(20)13-14(17)19(10(2)18-13)9-8-11-4-6-12(16)7-5-11/h4-7H,3,8-9,17H2,1-2H3. The Kier molecular flexibility index (Phi) is 4.57. The van der Waals surface area contributed by atoms with Gasteiger partial charge in [-0.15, -0.1) is 0 Å². The number of rotatable bonds is 5. The van der Waals surface area contributed by atoms with Gasteiger partial charge in [-0.25, -0.2) is 14.2 Å². The molecule has 0 radical (unpaired) electrons. The van der Waals surface area contributed by atoms with E-state index in [0.717, 1.165) is 5.56 Å². The smallest absolute Gasteiger partial charge is 0.360 e. The second-order valence-electron chi connectivity index (χ2n) is 4.64. The molecule has 2 aromatic rings. The van der Waals surface area contributed by atoms with Crippen molar-refractivity contribution in [2.45, 2.75) is 26.8 Å². The Bertz CT molecular complexity index is 635. The average molecular weight is 291 g/mol. The maximum absolute atomic E-state index is 12.9. The molecule has 0 fully saturated rings. The quantitative estimate of drug-likeness (QED) is 0.858. The van der Waals surface area contributed by atoms with Gasteiger partial charge in [0.25, 0.3) is 0 Å². The Morgan fingerprint density at radius 1 is 1.38 bits per heavy atom. The van der Waals surface area contributed by atoms with Crippen LogP contribution in [0.15, 0.2) is 24.3 Å². The number of hydrogen-bond acceptors (Lipinski definition) is 4. The zero-order chi connectivity index (χ0) is 15.4. The number of imidazole rings is 1. The number of nitrogens with zero attached hydrogens (tertiary/aromatic N) is 2. The van der Waals surface area contributed by atoms with Crippen molar-refractivity contribution in [3.8, 4) is 0 Å². The number of ether oxygens (including phenoxy) is 1. The lowest BCUT2D eigenvalue weighted by molar-refractivity contribution is 0.0521. The summed E-state index contributed by atoms with van der Waals surface area (Å²) in [6.45, 7) is 4.35. The maximum atomic E-state index is 12.9. The first-order valence-electron chi connectivity index (χ1n) is 6.77. The SMILES string of the molecule is CCOC(=O)c1nc(C)n(CCc2ccc(F)cc2)c1N. The van der Waals surface area contributed by atoms with Crippen LogP contribution in [0.3, 0.4) is 0 Å². The van der Waals surface area contributed by atoms with Crippen LogP contribution in [-0.4, -0.2) is 22.1 Å². The fourth-order valence-electron chi connectivity index (χ4n) is 2.11. The van der Waals surface area contributed by atoms with Gasteiger partial charge >= 0.3 is 5.97 Å². The number of carbonyl (C=O) groups excluding carboxylic acids is 1. The summed E-state index contributed by atoms with van der Waals surface area (Å²) < 4.78 is 19.5. The van der Waals surface area contributed by atoms with Crippen LogP contribution in [-0.2, 0) is 17.7 Å². The highest BCUT2D eigenvalue weighted by Crippen LogP contribution is 2.16. The molecule has 2 N–H and O–H groups in total. The van der Waals surface area contributed by atoms with E-state index in [1.807, 2.05) is 0 Å². The second-order valence-corrected chi connectivity index (χ2v) is 4.64. The maximum Gasteiger partial charge on any atom is 0.360 e. The Balaban J connectivity index is 2.13.